The topological polar surface area (TPSA) is 138 Å². The normalized spacial score (nSPS) is 17.5. The number of nitriles is 2. The summed E-state index contributed by atoms with van der Waals surface area (Å²) in [5.41, 5.74) is 6.56. The molecule has 0 bridgehead atoms. The Kier molecular flexibility index (Phi) is 5.91. The maximum Gasteiger partial charge on any atom is 0.228 e. The van der Waals surface area contributed by atoms with Gasteiger partial charge in [-0.1, -0.05) is 0 Å². The van der Waals surface area contributed by atoms with Crippen LogP contribution in [0.25, 0.3) is 15.8 Å². The molecule has 0 unspecified atom stereocenters. The molecule has 0 saturated carbocycles. The minimum atomic E-state index is -3.30. The van der Waals surface area contributed by atoms with Gasteiger partial charge in [0.15, 0.2) is 0 Å². The van der Waals surface area contributed by atoms with Crippen molar-refractivity contribution in [3.05, 3.63) is 53.2 Å². The quantitative estimate of drug-likeness (QED) is 0.495. The van der Waals surface area contributed by atoms with Gasteiger partial charge in [-0.25, -0.2) is 23.8 Å². The van der Waals surface area contributed by atoms with Gasteiger partial charge in [0.25, 0.3) is 0 Å². The molecule has 2 aromatic heterocycles. The van der Waals surface area contributed by atoms with Gasteiger partial charge in [-0.15, -0.1) is 11.3 Å². The van der Waals surface area contributed by atoms with Crippen LogP contribution >= 0.6 is 11.3 Å². The van der Waals surface area contributed by atoms with Gasteiger partial charge in [0.05, 0.1) is 51.3 Å². The molecule has 1 saturated heterocycles. The minimum Gasteiger partial charge on any atom is -0.324 e. The van der Waals surface area contributed by atoms with Crippen molar-refractivity contribution in [1.29, 1.82) is 10.5 Å². The van der Waals surface area contributed by atoms with Crippen molar-refractivity contribution in [2.45, 2.75) is 18.9 Å². The fraction of sp³-hybridized carbons (Fsp3) is 0.304. The molecule has 0 radical (unpaired) electrons. The zero-order chi connectivity index (χ0) is 24.6. The van der Waals surface area contributed by atoms with Crippen LogP contribution in [0, 0.1) is 22.7 Å². The van der Waals surface area contributed by atoms with E-state index in [4.69, 9.17) is 10.2 Å². The molecule has 1 fully saturated rings. The lowest BCUT2D eigenvalue weighted by Crippen LogP contribution is -2.71. The summed E-state index contributed by atoms with van der Waals surface area (Å²) in [6.07, 6.45) is 2.13. The van der Waals surface area contributed by atoms with E-state index in [1.807, 2.05) is 22.7 Å². The Hall–Kier alpha value is -3.55. The van der Waals surface area contributed by atoms with Gasteiger partial charge in [0.2, 0.25) is 16.0 Å². The van der Waals surface area contributed by atoms with Gasteiger partial charge in [-0.05, 0) is 42.6 Å². The van der Waals surface area contributed by atoms with E-state index in [0.717, 1.165) is 27.2 Å². The molecule has 0 spiro atoms. The minimum absolute atomic E-state index is 0.0382. The fourth-order valence-electron chi connectivity index (χ4n) is 4.25. The van der Waals surface area contributed by atoms with Gasteiger partial charge in [-0.2, -0.15) is 14.8 Å². The molecule has 0 atom stereocenters. The highest BCUT2D eigenvalue weighted by Crippen LogP contribution is 2.37. The molecular formula is C23H22N8O2S2. The van der Waals surface area contributed by atoms with Crippen LogP contribution in [0.3, 0.4) is 0 Å². The van der Waals surface area contributed by atoms with Crippen LogP contribution in [0.4, 0.5) is 11.6 Å². The summed E-state index contributed by atoms with van der Waals surface area (Å²) in [4.78, 5) is 9.41. The van der Waals surface area contributed by atoms with Crippen LogP contribution in [0.2, 0.25) is 0 Å². The highest BCUT2D eigenvalue weighted by molar-refractivity contribution is 7.89. The smallest absolute Gasteiger partial charge is 0.228 e. The molecule has 2 aliphatic heterocycles. The van der Waals surface area contributed by atoms with Crippen molar-refractivity contribution in [2.75, 3.05) is 30.7 Å². The number of rotatable bonds is 7. The number of hydrogen-bond donors (Lipinski definition) is 2. The lowest BCUT2D eigenvalue weighted by molar-refractivity contribution is -0.0000176. The Morgan fingerprint density at radius 1 is 1.20 bits per heavy atom. The third-order valence-corrected chi connectivity index (χ3v) is 8.91. The second-order valence-corrected chi connectivity index (χ2v) is 11.6. The third kappa shape index (κ3) is 4.22. The summed E-state index contributed by atoms with van der Waals surface area (Å²) in [5, 5.41) is 25.5. The van der Waals surface area contributed by atoms with E-state index in [-0.39, 0.29) is 25.3 Å². The Labute approximate surface area is 207 Å². The molecule has 35 heavy (non-hydrogen) atoms. The van der Waals surface area contributed by atoms with Crippen LogP contribution in [-0.4, -0.2) is 58.6 Å². The van der Waals surface area contributed by atoms with Crippen LogP contribution in [0.1, 0.15) is 24.6 Å². The van der Waals surface area contributed by atoms with E-state index in [0.29, 0.717) is 18.1 Å². The summed E-state index contributed by atoms with van der Waals surface area (Å²) >= 11 is 1.55. The summed E-state index contributed by atoms with van der Waals surface area (Å²) in [5.74, 6) is 0.474. The molecule has 4 heterocycles. The number of benzene rings is 1. The predicted octanol–water partition coefficient (Wildman–Crippen LogP) is 2.79. The van der Waals surface area contributed by atoms with Crippen molar-refractivity contribution in [1.82, 2.24) is 24.7 Å². The van der Waals surface area contributed by atoms with Crippen LogP contribution in [-0.2, 0) is 10.0 Å². The number of aromatic nitrogens is 2. The summed E-state index contributed by atoms with van der Waals surface area (Å²) in [6.45, 7) is 2.64. The molecule has 5 rings (SSSR count). The molecular weight excluding hydrogens is 484 g/mol. The van der Waals surface area contributed by atoms with Gasteiger partial charge >= 0.3 is 0 Å². The molecule has 0 aliphatic carbocycles. The van der Waals surface area contributed by atoms with E-state index in [1.54, 1.807) is 42.5 Å². The second kappa shape index (κ2) is 8.91. The van der Waals surface area contributed by atoms with Crippen LogP contribution in [0.15, 0.2) is 41.9 Å². The monoisotopic (exact) mass is 506 g/mol. The fourth-order valence-corrected chi connectivity index (χ4v) is 6.34. The van der Waals surface area contributed by atoms with Crippen molar-refractivity contribution >= 4 is 48.8 Å². The molecule has 2 N–H and O–H groups in total. The predicted molar refractivity (Wildman–Crippen MR) is 134 cm³/mol. The number of sulfonamides is 1. The number of hydrazine groups is 1. The zero-order valence-electron chi connectivity index (χ0n) is 18.9. The summed E-state index contributed by atoms with van der Waals surface area (Å²) in [7, 11) is -3.30. The first-order valence-electron chi connectivity index (χ1n) is 11.0. The molecule has 0 amide bonds. The van der Waals surface area contributed by atoms with E-state index in [9.17, 15) is 13.7 Å². The number of thiophene rings is 1. The largest absolute Gasteiger partial charge is 0.324 e. The van der Waals surface area contributed by atoms with Gasteiger partial charge in [-0.3, -0.25) is 0 Å². The highest BCUT2D eigenvalue weighted by atomic mass is 32.2. The first-order valence-corrected chi connectivity index (χ1v) is 13.5. The standard InChI is InChI=1S/C23H22N8O2S2/c1-2-35(32,33)30-14-23(15-30,8-9-24)31-13-17(12-26-31)20-21-19(7-10-34-21)28-22(29-20)27-18-5-3-16(11-25)4-6-18/h3-7,10,13,26H,2,8,12,14-15H2,1H3,(H,27,28,29). The van der Waals surface area contributed by atoms with Crippen molar-refractivity contribution in [2.24, 2.45) is 0 Å². The number of fused-ring (bicyclic) bond motifs is 1. The van der Waals surface area contributed by atoms with Crippen molar-refractivity contribution in [3.63, 3.8) is 0 Å². The molecule has 178 valence electrons. The molecule has 3 aromatic rings. The molecule has 10 nitrogen and oxygen atoms in total. The number of hydrogen-bond acceptors (Lipinski definition) is 10. The van der Waals surface area contributed by atoms with Gasteiger partial charge in [0, 0.05) is 37.1 Å². The number of nitrogens with one attached hydrogen (secondary N) is 2. The maximum atomic E-state index is 12.3. The van der Waals surface area contributed by atoms with E-state index in [1.165, 1.54) is 4.31 Å². The SMILES string of the molecule is CCS(=O)(=O)N1CC(CC#N)(N2C=C(c3nc(Nc4ccc(C#N)cc4)nc4ccsc34)CN2)C1. The Balaban J connectivity index is 1.44. The Morgan fingerprint density at radius 3 is 2.66 bits per heavy atom. The average Bonchev–Trinajstić information content (AvgIpc) is 3.51. The van der Waals surface area contributed by atoms with Crippen molar-refractivity contribution < 1.29 is 8.42 Å². The molecule has 1 aromatic carbocycles. The van der Waals surface area contributed by atoms with Crippen molar-refractivity contribution in [3.8, 4) is 12.1 Å². The van der Waals surface area contributed by atoms with E-state index in [2.05, 4.69) is 27.9 Å². The van der Waals surface area contributed by atoms with Gasteiger partial charge < -0.3 is 10.3 Å². The zero-order valence-corrected chi connectivity index (χ0v) is 20.5. The van der Waals surface area contributed by atoms with Crippen LogP contribution < -0.4 is 10.7 Å². The third-order valence-electron chi connectivity index (χ3n) is 6.22. The Bertz CT molecular complexity index is 1490. The maximum absolute atomic E-state index is 12.3. The lowest BCUT2D eigenvalue weighted by atomic mass is 9.88. The molecule has 2 aliphatic rings. The highest BCUT2D eigenvalue weighted by Gasteiger charge is 2.52. The van der Waals surface area contributed by atoms with E-state index < -0.39 is 15.6 Å². The lowest BCUT2D eigenvalue weighted by Gasteiger charge is -2.52. The number of anilines is 2. The summed E-state index contributed by atoms with van der Waals surface area (Å²) < 4.78 is 26.9. The second-order valence-electron chi connectivity index (χ2n) is 8.43. The van der Waals surface area contributed by atoms with Gasteiger partial charge in [0.1, 0.15) is 0 Å². The average molecular weight is 507 g/mol. The van der Waals surface area contributed by atoms with Crippen LogP contribution in [0.5, 0.6) is 0 Å². The summed E-state index contributed by atoms with van der Waals surface area (Å²) in [6, 6.07) is 13.3. The van der Waals surface area contributed by atoms with E-state index >= 15 is 0 Å². The Morgan fingerprint density at radius 2 is 1.97 bits per heavy atom. The number of nitrogens with zero attached hydrogens (tertiary/aromatic N) is 6. The first-order chi connectivity index (χ1) is 16.9. The first kappa shape index (κ1) is 23.2. The molecule has 12 heteroatoms.